The molecule has 0 aromatic heterocycles. The maximum atomic E-state index is 5.49. The van der Waals surface area contributed by atoms with Gasteiger partial charge in [-0.25, -0.2) is 0 Å². The number of aliphatic imine (C=N–C) groups is 1. The molecule has 0 aliphatic heterocycles. The van der Waals surface area contributed by atoms with Crippen molar-refractivity contribution in [3.05, 3.63) is 0 Å². The summed E-state index contributed by atoms with van der Waals surface area (Å²) in [5, 5.41) is 6.52. The molecule has 0 bridgehead atoms. The Morgan fingerprint density at radius 1 is 1.24 bits per heavy atom. The van der Waals surface area contributed by atoms with Gasteiger partial charge < -0.3 is 15.4 Å². The average molecular weight is 243 g/mol. The standard InChI is InChI=1S/C13H29N3O/c1-7-9-15-12(14-8-2)16-10-11(17-6)13(3,4)5/h11H,7-10H2,1-6H3,(H2,14,15,16). The number of guanidine groups is 1. The molecule has 0 aromatic carbocycles. The molecule has 0 fully saturated rings. The molecule has 17 heavy (non-hydrogen) atoms. The topological polar surface area (TPSA) is 45.7 Å². The van der Waals surface area contributed by atoms with Crippen LogP contribution in [0.2, 0.25) is 0 Å². The Kier molecular flexibility index (Phi) is 7.96. The molecule has 0 saturated carbocycles. The second-order valence-corrected chi connectivity index (χ2v) is 5.24. The highest BCUT2D eigenvalue weighted by atomic mass is 16.5. The van der Waals surface area contributed by atoms with Gasteiger partial charge in [0.05, 0.1) is 12.6 Å². The van der Waals surface area contributed by atoms with Crippen molar-refractivity contribution < 1.29 is 4.74 Å². The van der Waals surface area contributed by atoms with Crippen LogP contribution in [0.15, 0.2) is 4.99 Å². The number of ether oxygens (including phenoxy) is 1. The van der Waals surface area contributed by atoms with Crippen molar-refractivity contribution in [2.75, 3.05) is 26.7 Å². The third-order valence-electron chi connectivity index (χ3n) is 2.55. The Bertz CT molecular complexity index is 221. The van der Waals surface area contributed by atoms with Crippen LogP contribution in [-0.4, -0.2) is 38.8 Å². The Hall–Kier alpha value is -0.770. The quantitative estimate of drug-likeness (QED) is 0.554. The highest BCUT2D eigenvalue weighted by Crippen LogP contribution is 2.21. The normalized spacial score (nSPS) is 14.6. The third kappa shape index (κ3) is 7.21. The van der Waals surface area contributed by atoms with E-state index < -0.39 is 0 Å². The van der Waals surface area contributed by atoms with Gasteiger partial charge >= 0.3 is 0 Å². The van der Waals surface area contributed by atoms with Gasteiger partial charge in [0.25, 0.3) is 0 Å². The molecule has 2 N–H and O–H groups in total. The summed E-state index contributed by atoms with van der Waals surface area (Å²) < 4.78 is 5.49. The fraction of sp³-hybridized carbons (Fsp3) is 0.923. The van der Waals surface area contributed by atoms with Crippen LogP contribution in [0.1, 0.15) is 41.0 Å². The zero-order valence-corrected chi connectivity index (χ0v) is 12.3. The van der Waals surface area contributed by atoms with Gasteiger partial charge in [-0.2, -0.15) is 0 Å². The first-order valence-corrected chi connectivity index (χ1v) is 6.50. The molecule has 0 amide bonds. The molecular weight excluding hydrogens is 214 g/mol. The summed E-state index contributed by atoms with van der Waals surface area (Å²) in [4.78, 5) is 4.56. The fourth-order valence-electron chi connectivity index (χ4n) is 1.46. The molecule has 0 heterocycles. The smallest absolute Gasteiger partial charge is 0.191 e. The molecule has 0 saturated heterocycles. The van der Waals surface area contributed by atoms with Crippen molar-refractivity contribution in [1.82, 2.24) is 10.6 Å². The predicted molar refractivity (Wildman–Crippen MR) is 74.5 cm³/mol. The number of rotatable bonds is 6. The Morgan fingerprint density at radius 2 is 1.88 bits per heavy atom. The lowest BCUT2D eigenvalue weighted by molar-refractivity contribution is 0.0241. The number of nitrogens with one attached hydrogen (secondary N) is 2. The Labute approximate surface area is 106 Å². The van der Waals surface area contributed by atoms with Crippen molar-refractivity contribution >= 4 is 5.96 Å². The number of nitrogens with zero attached hydrogens (tertiary/aromatic N) is 1. The van der Waals surface area contributed by atoms with Gasteiger partial charge in [0.15, 0.2) is 5.96 Å². The van der Waals surface area contributed by atoms with Crippen LogP contribution >= 0.6 is 0 Å². The van der Waals surface area contributed by atoms with E-state index in [1.54, 1.807) is 7.11 Å². The summed E-state index contributed by atoms with van der Waals surface area (Å²) in [6.07, 6.45) is 1.23. The molecule has 1 unspecified atom stereocenters. The predicted octanol–water partition coefficient (Wildman–Crippen LogP) is 2.01. The summed E-state index contributed by atoms with van der Waals surface area (Å²) in [5.74, 6) is 0.876. The molecule has 4 nitrogen and oxygen atoms in total. The van der Waals surface area contributed by atoms with Crippen LogP contribution in [0.25, 0.3) is 0 Å². The zero-order valence-electron chi connectivity index (χ0n) is 12.3. The second-order valence-electron chi connectivity index (χ2n) is 5.24. The number of hydrogen-bond donors (Lipinski definition) is 2. The molecule has 0 aliphatic rings. The van der Waals surface area contributed by atoms with Crippen LogP contribution < -0.4 is 10.6 Å². The lowest BCUT2D eigenvalue weighted by Crippen LogP contribution is -2.39. The van der Waals surface area contributed by atoms with Crippen LogP contribution in [0.4, 0.5) is 0 Å². The lowest BCUT2D eigenvalue weighted by Gasteiger charge is -2.28. The van der Waals surface area contributed by atoms with E-state index in [1.165, 1.54) is 0 Å². The fourth-order valence-corrected chi connectivity index (χ4v) is 1.46. The largest absolute Gasteiger partial charge is 0.379 e. The van der Waals surface area contributed by atoms with Gasteiger partial charge in [-0.05, 0) is 18.8 Å². The molecule has 0 aliphatic carbocycles. The summed E-state index contributed by atoms with van der Waals surface area (Å²) in [7, 11) is 1.75. The molecule has 102 valence electrons. The molecule has 4 heteroatoms. The average Bonchev–Trinajstić information content (AvgIpc) is 2.24. The molecule has 0 spiro atoms. The number of methoxy groups -OCH3 is 1. The Balaban J connectivity index is 4.38. The first-order valence-electron chi connectivity index (χ1n) is 6.50. The Morgan fingerprint density at radius 3 is 2.29 bits per heavy atom. The van der Waals surface area contributed by atoms with E-state index in [0.717, 1.165) is 25.5 Å². The molecule has 0 radical (unpaired) electrons. The minimum absolute atomic E-state index is 0.111. The van der Waals surface area contributed by atoms with Crippen molar-refractivity contribution in [2.45, 2.75) is 47.1 Å². The lowest BCUT2D eigenvalue weighted by atomic mass is 9.89. The van der Waals surface area contributed by atoms with Gasteiger partial charge in [-0.3, -0.25) is 4.99 Å². The summed E-state index contributed by atoms with van der Waals surface area (Å²) in [6.45, 7) is 13.2. The number of hydrogen-bond acceptors (Lipinski definition) is 2. The van der Waals surface area contributed by atoms with E-state index in [4.69, 9.17) is 4.74 Å². The van der Waals surface area contributed by atoms with Gasteiger partial charge in [-0.15, -0.1) is 0 Å². The van der Waals surface area contributed by atoms with E-state index in [2.05, 4.69) is 50.2 Å². The van der Waals surface area contributed by atoms with Gasteiger partial charge in [0.1, 0.15) is 0 Å². The van der Waals surface area contributed by atoms with Crippen LogP contribution in [0, 0.1) is 5.41 Å². The van der Waals surface area contributed by atoms with E-state index in [9.17, 15) is 0 Å². The molecule has 0 aromatic rings. The van der Waals surface area contributed by atoms with Crippen LogP contribution in [0.3, 0.4) is 0 Å². The molecule has 1 atom stereocenters. The summed E-state index contributed by atoms with van der Waals surface area (Å²) >= 11 is 0. The monoisotopic (exact) mass is 243 g/mol. The van der Waals surface area contributed by atoms with Gasteiger partial charge in [-0.1, -0.05) is 27.7 Å². The van der Waals surface area contributed by atoms with Crippen molar-refractivity contribution in [2.24, 2.45) is 10.4 Å². The van der Waals surface area contributed by atoms with E-state index in [0.29, 0.717) is 6.54 Å². The minimum atomic E-state index is 0.111. The first kappa shape index (κ1) is 16.2. The van der Waals surface area contributed by atoms with E-state index >= 15 is 0 Å². The third-order valence-corrected chi connectivity index (χ3v) is 2.55. The summed E-state index contributed by atoms with van der Waals surface area (Å²) in [5.41, 5.74) is 0.111. The van der Waals surface area contributed by atoms with Crippen molar-refractivity contribution in [3.8, 4) is 0 Å². The van der Waals surface area contributed by atoms with E-state index in [1.807, 2.05) is 0 Å². The zero-order chi connectivity index (χ0) is 13.3. The molecule has 0 rings (SSSR count). The maximum absolute atomic E-state index is 5.49. The second kappa shape index (κ2) is 8.34. The van der Waals surface area contributed by atoms with Crippen molar-refractivity contribution in [1.29, 1.82) is 0 Å². The van der Waals surface area contributed by atoms with Crippen LogP contribution in [-0.2, 0) is 4.74 Å². The minimum Gasteiger partial charge on any atom is -0.379 e. The van der Waals surface area contributed by atoms with Gasteiger partial charge in [0, 0.05) is 20.2 Å². The molecular formula is C13H29N3O. The van der Waals surface area contributed by atoms with Crippen LogP contribution in [0.5, 0.6) is 0 Å². The van der Waals surface area contributed by atoms with Gasteiger partial charge in [0.2, 0.25) is 0 Å². The maximum Gasteiger partial charge on any atom is 0.191 e. The highest BCUT2D eigenvalue weighted by molar-refractivity contribution is 5.79. The van der Waals surface area contributed by atoms with E-state index in [-0.39, 0.29) is 11.5 Å². The highest BCUT2D eigenvalue weighted by Gasteiger charge is 2.23. The first-order chi connectivity index (χ1) is 7.95. The summed E-state index contributed by atoms with van der Waals surface area (Å²) in [6, 6.07) is 0. The SMILES string of the molecule is CCCNC(=NCC(OC)C(C)(C)C)NCC. The van der Waals surface area contributed by atoms with Crippen molar-refractivity contribution in [3.63, 3.8) is 0 Å².